The van der Waals surface area contributed by atoms with Crippen LogP contribution in [0.25, 0.3) is 0 Å². The first-order valence-corrected chi connectivity index (χ1v) is 8.04. The highest BCUT2D eigenvalue weighted by Gasteiger charge is 2.18. The number of benzene rings is 1. The molecule has 0 unspecified atom stereocenters. The molecule has 2 rings (SSSR count). The van der Waals surface area contributed by atoms with Crippen LogP contribution in [0.2, 0.25) is 5.02 Å². The number of hydrogen-bond donors (Lipinski definition) is 1. The van der Waals surface area contributed by atoms with E-state index in [0.29, 0.717) is 17.9 Å². The van der Waals surface area contributed by atoms with Gasteiger partial charge in [-0.1, -0.05) is 16.8 Å². The summed E-state index contributed by atoms with van der Waals surface area (Å²) in [6.45, 7) is 4.20. The number of aryl methyl sites for hydroxylation is 2. The zero-order valence-electron chi connectivity index (χ0n) is 11.5. The van der Waals surface area contributed by atoms with Gasteiger partial charge in [0.2, 0.25) is 10.0 Å². The van der Waals surface area contributed by atoms with E-state index >= 15 is 0 Å². The van der Waals surface area contributed by atoms with Crippen molar-refractivity contribution in [3.05, 3.63) is 40.4 Å². The van der Waals surface area contributed by atoms with Gasteiger partial charge >= 0.3 is 0 Å². The Balaban J connectivity index is 2.24. The summed E-state index contributed by atoms with van der Waals surface area (Å²) >= 11 is 5.67. The van der Waals surface area contributed by atoms with E-state index in [4.69, 9.17) is 11.6 Å². The van der Waals surface area contributed by atoms with Crippen LogP contribution in [0.4, 0.5) is 4.39 Å². The molecule has 9 heteroatoms. The monoisotopic (exact) mass is 332 g/mol. The highest BCUT2D eigenvalue weighted by molar-refractivity contribution is 7.89. The Morgan fingerprint density at radius 3 is 2.71 bits per heavy atom. The third kappa shape index (κ3) is 3.58. The van der Waals surface area contributed by atoms with E-state index in [9.17, 15) is 12.8 Å². The first-order chi connectivity index (χ1) is 9.83. The summed E-state index contributed by atoms with van der Waals surface area (Å²) in [7, 11) is -3.87. The van der Waals surface area contributed by atoms with Crippen molar-refractivity contribution >= 4 is 21.6 Å². The third-order valence-electron chi connectivity index (χ3n) is 2.91. The van der Waals surface area contributed by atoms with Crippen molar-refractivity contribution in [2.45, 2.75) is 31.8 Å². The molecule has 21 heavy (non-hydrogen) atoms. The molecule has 1 heterocycles. The van der Waals surface area contributed by atoms with Crippen molar-refractivity contribution in [2.24, 2.45) is 0 Å². The summed E-state index contributed by atoms with van der Waals surface area (Å²) in [6.07, 6.45) is 0. The van der Waals surface area contributed by atoms with E-state index in [2.05, 4.69) is 15.0 Å². The second kappa shape index (κ2) is 6.08. The fourth-order valence-corrected chi connectivity index (χ4v) is 3.15. The summed E-state index contributed by atoms with van der Waals surface area (Å²) in [4.78, 5) is -0.222. The first kappa shape index (κ1) is 15.9. The second-order valence-electron chi connectivity index (χ2n) is 4.37. The van der Waals surface area contributed by atoms with E-state index in [0.717, 1.165) is 12.1 Å². The van der Waals surface area contributed by atoms with Gasteiger partial charge in [0.25, 0.3) is 0 Å². The molecular formula is C12H14ClFN4O2S. The van der Waals surface area contributed by atoms with Gasteiger partial charge in [0.15, 0.2) is 0 Å². The summed E-state index contributed by atoms with van der Waals surface area (Å²) < 4.78 is 41.6. The van der Waals surface area contributed by atoms with Gasteiger partial charge in [0, 0.05) is 11.6 Å². The van der Waals surface area contributed by atoms with E-state index in [1.165, 1.54) is 6.07 Å². The Morgan fingerprint density at radius 2 is 2.10 bits per heavy atom. The van der Waals surface area contributed by atoms with E-state index in [1.54, 1.807) is 11.6 Å². The van der Waals surface area contributed by atoms with Gasteiger partial charge in [0.05, 0.1) is 22.8 Å². The number of nitrogens with one attached hydrogen (secondary N) is 1. The molecule has 0 atom stereocenters. The normalized spacial score (nSPS) is 11.8. The maximum atomic E-state index is 13.3. The lowest BCUT2D eigenvalue weighted by Gasteiger charge is -2.09. The molecule has 0 radical (unpaired) electrons. The SMILES string of the molecule is CCn1nnc(C)c1CNS(=O)(=O)c1cc(F)cc(Cl)c1. The Bertz CT molecular complexity index is 740. The summed E-state index contributed by atoms with van der Waals surface area (Å²) in [5.74, 6) is -0.709. The lowest BCUT2D eigenvalue weighted by molar-refractivity contribution is 0.564. The minimum Gasteiger partial charge on any atom is -0.248 e. The van der Waals surface area contributed by atoms with Gasteiger partial charge < -0.3 is 0 Å². The minimum atomic E-state index is -3.87. The van der Waals surface area contributed by atoms with Crippen LogP contribution in [-0.2, 0) is 23.1 Å². The lowest BCUT2D eigenvalue weighted by atomic mass is 10.3. The maximum Gasteiger partial charge on any atom is 0.241 e. The number of halogens is 2. The molecule has 0 aliphatic rings. The van der Waals surface area contributed by atoms with Crippen molar-refractivity contribution in [3.8, 4) is 0 Å². The van der Waals surface area contributed by atoms with Gasteiger partial charge in [-0.2, -0.15) is 0 Å². The predicted octanol–water partition coefficient (Wildman–Crippen LogP) is 1.88. The van der Waals surface area contributed by atoms with Gasteiger partial charge in [0.1, 0.15) is 5.82 Å². The van der Waals surface area contributed by atoms with Crippen molar-refractivity contribution < 1.29 is 12.8 Å². The van der Waals surface area contributed by atoms with E-state index in [1.807, 2.05) is 6.92 Å². The molecule has 0 aliphatic heterocycles. The summed E-state index contributed by atoms with van der Waals surface area (Å²) in [5.41, 5.74) is 1.29. The standard InChI is InChI=1S/C12H14ClFN4O2S/c1-3-18-12(8(2)16-17-18)7-15-21(19,20)11-5-9(13)4-10(14)6-11/h4-6,15H,3,7H2,1-2H3. The average molecular weight is 333 g/mol. The molecule has 0 spiro atoms. The number of rotatable bonds is 5. The van der Waals surface area contributed by atoms with Crippen molar-refractivity contribution in [2.75, 3.05) is 0 Å². The largest absolute Gasteiger partial charge is 0.248 e. The van der Waals surface area contributed by atoms with Crippen LogP contribution in [0, 0.1) is 12.7 Å². The van der Waals surface area contributed by atoms with Crippen LogP contribution in [-0.4, -0.2) is 23.4 Å². The van der Waals surface area contributed by atoms with Crippen molar-refractivity contribution in [3.63, 3.8) is 0 Å². The molecule has 0 saturated carbocycles. The van der Waals surface area contributed by atoms with Crippen LogP contribution in [0.15, 0.2) is 23.1 Å². The van der Waals surface area contributed by atoms with Crippen LogP contribution in [0.5, 0.6) is 0 Å². The molecule has 0 fully saturated rings. The van der Waals surface area contributed by atoms with E-state index in [-0.39, 0.29) is 16.5 Å². The molecule has 1 N–H and O–H groups in total. The molecule has 114 valence electrons. The van der Waals surface area contributed by atoms with Crippen LogP contribution >= 0.6 is 11.6 Å². The molecule has 6 nitrogen and oxygen atoms in total. The second-order valence-corrected chi connectivity index (χ2v) is 6.57. The molecule has 0 amide bonds. The highest BCUT2D eigenvalue weighted by Crippen LogP contribution is 2.18. The average Bonchev–Trinajstić information content (AvgIpc) is 2.76. The number of aromatic nitrogens is 3. The number of nitrogens with zero attached hydrogens (tertiary/aromatic N) is 3. The lowest BCUT2D eigenvalue weighted by Crippen LogP contribution is -2.25. The Morgan fingerprint density at radius 1 is 1.38 bits per heavy atom. The summed E-state index contributed by atoms with van der Waals surface area (Å²) in [5, 5.41) is 7.79. The van der Waals surface area contributed by atoms with Crippen molar-refractivity contribution in [1.82, 2.24) is 19.7 Å². The first-order valence-electron chi connectivity index (χ1n) is 6.18. The summed E-state index contributed by atoms with van der Waals surface area (Å²) in [6, 6.07) is 3.15. The number of sulfonamides is 1. The fourth-order valence-electron chi connectivity index (χ4n) is 1.82. The van der Waals surface area contributed by atoms with Crippen LogP contribution in [0.3, 0.4) is 0 Å². The van der Waals surface area contributed by atoms with Gasteiger partial charge in [-0.15, -0.1) is 5.10 Å². The van der Waals surface area contributed by atoms with Crippen molar-refractivity contribution in [1.29, 1.82) is 0 Å². The number of hydrogen-bond acceptors (Lipinski definition) is 4. The highest BCUT2D eigenvalue weighted by atomic mass is 35.5. The molecule has 1 aromatic heterocycles. The van der Waals surface area contributed by atoms with Crippen LogP contribution < -0.4 is 4.72 Å². The minimum absolute atomic E-state index is 0.0170. The predicted molar refractivity (Wildman–Crippen MR) is 75.9 cm³/mol. The zero-order chi connectivity index (χ0) is 15.6. The third-order valence-corrected chi connectivity index (χ3v) is 4.51. The molecule has 0 saturated heterocycles. The van der Waals surface area contributed by atoms with Gasteiger partial charge in [-0.3, -0.25) is 0 Å². The van der Waals surface area contributed by atoms with Crippen LogP contribution in [0.1, 0.15) is 18.3 Å². The smallest absolute Gasteiger partial charge is 0.241 e. The van der Waals surface area contributed by atoms with E-state index < -0.39 is 15.8 Å². The molecule has 0 aliphatic carbocycles. The Kier molecular flexibility index (Phi) is 4.60. The topological polar surface area (TPSA) is 76.9 Å². The molecular weight excluding hydrogens is 319 g/mol. The quantitative estimate of drug-likeness (QED) is 0.907. The maximum absolute atomic E-state index is 13.3. The fraction of sp³-hybridized carbons (Fsp3) is 0.333. The van der Waals surface area contributed by atoms with Gasteiger partial charge in [-0.25, -0.2) is 22.2 Å². The molecule has 1 aromatic carbocycles. The Hall–Kier alpha value is -1.51. The Labute approximate surface area is 127 Å². The van der Waals surface area contributed by atoms with Gasteiger partial charge in [-0.05, 0) is 32.0 Å². The molecule has 0 bridgehead atoms. The zero-order valence-corrected chi connectivity index (χ0v) is 13.0. The molecule has 2 aromatic rings.